The van der Waals surface area contributed by atoms with Gasteiger partial charge in [0.25, 0.3) is 5.97 Å². The number of methoxy groups -OCH3 is 1. The van der Waals surface area contributed by atoms with E-state index in [1.807, 2.05) is 30.3 Å². The number of benzene rings is 3. The van der Waals surface area contributed by atoms with Crippen LogP contribution in [-0.4, -0.2) is 58.2 Å². The lowest BCUT2D eigenvalue weighted by molar-refractivity contribution is -0.156. The Labute approximate surface area is 278 Å². The third-order valence-electron chi connectivity index (χ3n) is 6.40. The van der Waals surface area contributed by atoms with Gasteiger partial charge in [0, 0.05) is 31.0 Å². The van der Waals surface area contributed by atoms with Crippen molar-refractivity contribution in [3.05, 3.63) is 89.5 Å². The fourth-order valence-corrected chi connectivity index (χ4v) is 4.14. The van der Waals surface area contributed by atoms with Crippen LogP contribution in [0.3, 0.4) is 0 Å². The minimum atomic E-state index is -2.28. The topological polar surface area (TPSA) is 236 Å². The Hall–Kier alpha value is -5.63. The lowest BCUT2D eigenvalue weighted by Gasteiger charge is -2.29. The van der Waals surface area contributed by atoms with E-state index in [2.05, 4.69) is 10.6 Å². The summed E-state index contributed by atoms with van der Waals surface area (Å²) < 4.78 is 16.8. The maximum absolute atomic E-state index is 13.8. The standard InChI is InChI=1S/C32H39N5O7.C2H4O2/c1-31(2,3)44-26(38)16-17-32(35,30(40)41)37-29(39)27(36-23-13-10-21(11-14-23)28(33)34)22-12-15-24(25(18-22)42-4)43-19-20-8-6-5-7-9-20;1-2(3)4/h5-15,18,27,36H,16-17,19,35H2,1-4H3,(H3,33,34)(H,37,39)(H,40,41);1H3,(H,3,4)/t27-,32+;/m1./s1. The average molecular weight is 666 g/mol. The molecule has 0 heterocycles. The third kappa shape index (κ3) is 12.6. The summed E-state index contributed by atoms with van der Waals surface area (Å²) in [5, 5.41) is 30.5. The van der Waals surface area contributed by atoms with Gasteiger partial charge in [-0.25, -0.2) is 4.79 Å². The van der Waals surface area contributed by atoms with Gasteiger partial charge in [-0.2, -0.15) is 0 Å². The molecule has 48 heavy (non-hydrogen) atoms. The number of carbonyl (C=O) groups is 4. The van der Waals surface area contributed by atoms with Crippen molar-refractivity contribution in [2.24, 2.45) is 11.5 Å². The fourth-order valence-electron chi connectivity index (χ4n) is 4.14. The number of amidine groups is 1. The summed E-state index contributed by atoms with van der Waals surface area (Å²) in [5.74, 6) is -3.15. The van der Waals surface area contributed by atoms with E-state index in [9.17, 15) is 19.5 Å². The lowest BCUT2D eigenvalue weighted by atomic mass is 10.0. The molecule has 2 atom stereocenters. The van der Waals surface area contributed by atoms with Crippen molar-refractivity contribution in [1.29, 1.82) is 5.41 Å². The average Bonchev–Trinajstić information content (AvgIpc) is 3.01. The zero-order chi connectivity index (χ0) is 36.1. The highest BCUT2D eigenvalue weighted by Crippen LogP contribution is 2.33. The predicted octanol–water partition coefficient (Wildman–Crippen LogP) is 3.78. The summed E-state index contributed by atoms with van der Waals surface area (Å²) in [5.41, 5.74) is 11.0. The molecule has 14 heteroatoms. The second kappa shape index (κ2) is 17.3. The maximum Gasteiger partial charge on any atom is 0.344 e. The van der Waals surface area contributed by atoms with Crippen molar-refractivity contribution >= 4 is 35.3 Å². The molecular weight excluding hydrogens is 622 g/mol. The number of amides is 1. The minimum absolute atomic E-state index is 0.124. The summed E-state index contributed by atoms with van der Waals surface area (Å²) in [7, 11) is 1.46. The van der Waals surface area contributed by atoms with E-state index in [0.717, 1.165) is 12.5 Å². The van der Waals surface area contributed by atoms with Crippen LogP contribution in [-0.2, 0) is 30.5 Å². The van der Waals surface area contributed by atoms with Crippen molar-refractivity contribution in [2.45, 2.75) is 64.4 Å². The van der Waals surface area contributed by atoms with Gasteiger partial charge in [0.2, 0.25) is 5.91 Å². The van der Waals surface area contributed by atoms with Crippen LogP contribution in [0.25, 0.3) is 0 Å². The smallest absolute Gasteiger partial charge is 0.344 e. The summed E-state index contributed by atoms with van der Waals surface area (Å²) in [6.45, 7) is 6.42. The van der Waals surface area contributed by atoms with Gasteiger partial charge in [-0.15, -0.1) is 0 Å². The van der Waals surface area contributed by atoms with Gasteiger partial charge in [0.1, 0.15) is 24.1 Å². The van der Waals surface area contributed by atoms with E-state index in [1.165, 1.54) is 7.11 Å². The van der Waals surface area contributed by atoms with Gasteiger partial charge >= 0.3 is 11.9 Å². The second-order valence-corrected chi connectivity index (χ2v) is 11.6. The first-order valence-electron chi connectivity index (χ1n) is 14.8. The van der Waals surface area contributed by atoms with Gasteiger partial charge < -0.3 is 40.8 Å². The van der Waals surface area contributed by atoms with Gasteiger partial charge in [-0.3, -0.25) is 25.5 Å². The third-order valence-corrected chi connectivity index (χ3v) is 6.40. The first-order valence-corrected chi connectivity index (χ1v) is 14.8. The second-order valence-electron chi connectivity index (χ2n) is 11.6. The van der Waals surface area contributed by atoms with Crippen LogP contribution in [0, 0.1) is 5.41 Å². The molecule has 0 bridgehead atoms. The molecule has 3 aromatic rings. The first-order chi connectivity index (χ1) is 22.4. The number of hydrogen-bond donors (Lipinski definition) is 7. The Balaban J connectivity index is 0.00000189. The maximum atomic E-state index is 13.8. The first kappa shape index (κ1) is 38.6. The number of esters is 1. The lowest BCUT2D eigenvalue weighted by Crippen LogP contribution is -2.63. The SMILES string of the molecule is CC(=O)O.COc1cc([C@@H](Nc2ccc(C(=N)N)cc2)C(=O)N[C@@](N)(CCC(=O)OC(C)(C)C)C(=O)O)ccc1OCc1ccccc1. The van der Waals surface area contributed by atoms with Crippen molar-refractivity contribution < 1.29 is 43.6 Å². The minimum Gasteiger partial charge on any atom is -0.493 e. The number of nitrogens with two attached hydrogens (primary N) is 2. The molecular formula is C34H43N5O9. The number of anilines is 1. The van der Waals surface area contributed by atoms with Crippen molar-refractivity contribution in [3.8, 4) is 11.5 Å². The normalized spacial score (nSPS) is 12.5. The number of carboxylic acids is 2. The highest BCUT2D eigenvalue weighted by molar-refractivity contribution is 5.95. The Kier molecular flexibility index (Phi) is 13.9. The highest BCUT2D eigenvalue weighted by atomic mass is 16.6. The molecule has 3 rings (SSSR count). The number of aliphatic carboxylic acids is 2. The number of nitrogens with one attached hydrogen (secondary N) is 3. The molecule has 0 aliphatic carbocycles. The molecule has 9 N–H and O–H groups in total. The van der Waals surface area contributed by atoms with Crippen molar-refractivity contribution in [3.63, 3.8) is 0 Å². The fraction of sp³-hybridized carbons (Fsp3) is 0.324. The van der Waals surface area contributed by atoms with Crippen LogP contribution in [0.4, 0.5) is 5.69 Å². The molecule has 0 aliphatic rings. The van der Waals surface area contributed by atoms with Gasteiger partial charge in [0.15, 0.2) is 17.2 Å². The Bertz CT molecular complexity index is 1570. The molecule has 0 unspecified atom stereocenters. The molecule has 0 spiro atoms. The Morgan fingerprint density at radius 1 is 0.938 bits per heavy atom. The van der Waals surface area contributed by atoms with E-state index in [0.29, 0.717) is 28.3 Å². The molecule has 3 aromatic carbocycles. The zero-order valence-electron chi connectivity index (χ0n) is 27.5. The summed E-state index contributed by atoms with van der Waals surface area (Å²) in [6.07, 6.45) is -0.759. The summed E-state index contributed by atoms with van der Waals surface area (Å²) in [4.78, 5) is 47.3. The van der Waals surface area contributed by atoms with Crippen molar-refractivity contribution in [2.75, 3.05) is 12.4 Å². The van der Waals surface area contributed by atoms with Crippen LogP contribution in [0.15, 0.2) is 72.8 Å². The summed E-state index contributed by atoms with van der Waals surface area (Å²) >= 11 is 0. The van der Waals surface area contributed by atoms with Crippen LogP contribution < -0.4 is 31.6 Å². The zero-order valence-corrected chi connectivity index (χ0v) is 27.5. The number of ether oxygens (including phenoxy) is 3. The Morgan fingerprint density at radius 2 is 1.54 bits per heavy atom. The number of rotatable bonds is 14. The van der Waals surface area contributed by atoms with Crippen LogP contribution in [0.5, 0.6) is 11.5 Å². The number of carboxylic acid groups (broad SMARTS) is 2. The van der Waals surface area contributed by atoms with Crippen molar-refractivity contribution in [1.82, 2.24) is 5.32 Å². The largest absolute Gasteiger partial charge is 0.493 e. The Morgan fingerprint density at radius 3 is 2.06 bits per heavy atom. The highest BCUT2D eigenvalue weighted by Gasteiger charge is 2.39. The predicted molar refractivity (Wildman–Crippen MR) is 179 cm³/mol. The van der Waals surface area contributed by atoms with Gasteiger partial charge in [-0.05, 0) is 68.3 Å². The van der Waals surface area contributed by atoms with Gasteiger partial charge in [-0.1, -0.05) is 36.4 Å². The molecule has 0 radical (unpaired) electrons. The molecule has 0 aliphatic heterocycles. The monoisotopic (exact) mass is 665 g/mol. The van der Waals surface area contributed by atoms with E-state index < -0.39 is 47.5 Å². The molecule has 0 aromatic heterocycles. The van der Waals surface area contributed by atoms with E-state index in [4.69, 9.17) is 41.0 Å². The van der Waals surface area contributed by atoms with E-state index in [1.54, 1.807) is 63.2 Å². The molecule has 0 fully saturated rings. The summed E-state index contributed by atoms with van der Waals surface area (Å²) in [6, 6.07) is 19.7. The quantitative estimate of drug-likeness (QED) is 0.0564. The molecule has 14 nitrogen and oxygen atoms in total. The van der Waals surface area contributed by atoms with Crippen LogP contribution in [0.2, 0.25) is 0 Å². The number of nitrogen functional groups attached to an aromatic ring is 1. The molecule has 0 saturated heterocycles. The molecule has 0 saturated carbocycles. The van der Waals surface area contributed by atoms with Crippen LogP contribution in [0.1, 0.15) is 63.3 Å². The van der Waals surface area contributed by atoms with Gasteiger partial charge in [0.05, 0.1) is 7.11 Å². The van der Waals surface area contributed by atoms with Crippen LogP contribution >= 0.6 is 0 Å². The number of carbonyl (C=O) groups excluding carboxylic acids is 2. The van der Waals surface area contributed by atoms with E-state index in [-0.39, 0.29) is 18.9 Å². The molecule has 1 amide bonds. The molecule has 258 valence electrons. The van der Waals surface area contributed by atoms with E-state index >= 15 is 0 Å². The number of hydrogen-bond acceptors (Lipinski definition) is 10.